The van der Waals surface area contributed by atoms with Crippen molar-refractivity contribution in [2.45, 2.75) is 6.92 Å². The average molecular weight is 330 g/mol. The van der Waals surface area contributed by atoms with Crippen LogP contribution in [0.2, 0.25) is 0 Å². The van der Waals surface area contributed by atoms with E-state index in [1.807, 2.05) is 53.9 Å². The van der Waals surface area contributed by atoms with Gasteiger partial charge in [0, 0.05) is 16.2 Å². The van der Waals surface area contributed by atoms with Gasteiger partial charge >= 0.3 is 0 Å². The van der Waals surface area contributed by atoms with E-state index < -0.39 is 0 Å². The van der Waals surface area contributed by atoms with Gasteiger partial charge in [-0.3, -0.25) is 4.40 Å². The zero-order valence-corrected chi connectivity index (χ0v) is 12.4. The van der Waals surface area contributed by atoms with Gasteiger partial charge in [0.2, 0.25) is 0 Å². The van der Waals surface area contributed by atoms with Crippen LogP contribution in [0, 0.1) is 6.92 Å². The number of pyridine rings is 1. The number of aromatic nitrogens is 2. The van der Waals surface area contributed by atoms with Crippen molar-refractivity contribution in [1.82, 2.24) is 9.38 Å². The second-order valence-corrected chi connectivity index (χ2v) is 5.45. The molecular formula is C15H12BrN3O. The van der Waals surface area contributed by atoms with Crippen molar-refractivity contribution >= 4 is 27.8 Å². The minimum absolute atomic E-state index is 0.743. The molecule has 1 aromatic carbocycles. The molecular weight excluding hydrogens is 318 g/mol. The Morgan fingerprint density at radius 2 is 1.95 bits per heavy atom. The quantitative estimate of drug-likeness (QED) is 0.440. The van der Waals surface area contributed by atoms with Gasteiger partial charge in [-0.2, -0.15) is 0 Å². The maximum Gasteiger partial charge on any atom is 0.138 e. The third-order valence-electron chi connectivity index (χ3n) is 3.12. The van der Waals surface area contributed by atoms with Gasteiger partial charge in [0.1, 0.15) is 5.65 Å². The van der Waals surface area contributed by atoms with Gasteiger partial charge < -0.3 is 5.21 Å². The van der Waals surface area contributed by atoms with Crippen LogP contribution in [0.25, 0.3) is 16.9 Å². The number of benzene rings is 1. The van der Waals surface area contributed by atoms with E-state index >= 15 is 0 Å². The minimum atomic E-state index is 0.743. The van der Waals surface area contributed by atoms with E-state index in [1.54, 1.807) is 0 Å². The van der Waals surface area contributed by atoms with E-state index in [1.165, 1.54) is 11.8 Å². The summed E-state index contributed by atoms with van der Waals surface area (Å²) in [5, 5.41) is 12.1. The number of hydrogen-bond acceptors (Lipinski definition) is 3. The Labute approximate surface area is 124 Å². The maximum atomic E-state index is 8.90. The highest BCUT2D eigenvalue weighted by molar-refractivity contribution is 9.10. The Morgan fingerprint density at radius 1 is 1.20 bits per heavy atom. The van der Waals surface area contributed by atoms with Gasteiger partial charge in [0.05, 0.1) is 17.6 Å². The first-order valence-electron chi connectivity index (χ1n) is 6.11. The summed E-state index contributed by atoms with van der Waals surface area (Å²) >= 11 is 3.44. The van der Waals surface area contributed by atoms with Crippen LogP contribution in [0.1, 0.15) is 11.3 Å². The lowest BCUT2D eigenvalue weighted by molar-refractivity contribution is 0.321. The number of aryl methyl sites for hydroxylation is 1. The molecule has 0 bridgehead atoms. The van der Waals surface area contributed by atoms with Gasteiger partial charge in [-0.25, -0.2) is 4.98 Å². The van der Waals surface area contributed by atoms with Crippen LogP contribution >= 0.6 is 15.9 Å². The molecule has 4 nitrogen and oxygen atoms in total. The molecule has 3 rings (SSSR count). The summed E-state index contributed by atoms with van der Waals surface area (Å²) < 4.78 is 2.82. The summed E-state index contributed by atoms with van der Waals surface area (Å²) in [5.74, 6) is 0. The van der Waals surface area contributed by atoms with Gasteiger partial charge in [0.15, 0.2) is 0 Å². The fourth-order valence-corrected chi connectivity index (χ4v) is 2.48. The molecule has 0 fully saturated rings. The Bertz CT molecular complexity index is 791. The van der Waals surface area contributed by atoms with Crippen molar-refractivity contribution in [3.05, 3.63) is 58.3 Å². The molecule has 0 radical (unpaired) electrons. The summed E-state index contributed by atoms with van der Waals surface area (Å²) in [6.45, 7) is 2.04. The smallest absolute Gasteiger partial charge is 0.138 e. The van der Waals surface area contributed by atoms with Crippen LogP contribution in [-0.2, 0) is 0 Å². The minimum Gasteiger partial charge on any atom is -0.411 e. The zero-order chi connectivity index (χ0) is 14.1. The first kappa shape index (κ1) is 12.9. The summed E-state index contributed by atoms with van der Waals surface area (Å²) in [7, 11) is 0. The molecule has 100 valence electrons. The predicted octanol–water partition coefficient (Wildman–Crippen LogP) is 3.88. The summed E-state index contributed by atoms with van der Waals surface area (Å²) in [6.07, 6.45) is 3.30. The maximum absolute atomic E-state index is 8.90. The van der Waals surface area contributed by atoms with E-state index in [0.717, 1.165) is 27.1 Å². The number of oxime groups is 1. The summed E-state index contributed by atoms with van der Waals surface area (Å²) in [5.41, 5.74) is 4.52. The van der Waals surface area contributed by atoms with Gasteiger partial charge in [-0.05, 0) is 35.0 Å². The van der Waals surface area contributed by atoms with E-state index in [4.69, 9.17) is 5.21 Å². The number of rotatable bonds is 2. The van der Waals surface area contributed by atoms with Crippen molar-refractivity contribution in [2.24, 2.45) is 5.16 Å². The van der Waals surface area contributed by atoms with Crippen LogP contribution < -0.4 is 0 Å². The molecule has 0 aliphatic rings. The molecule has 0 aliphatic heterocycles. The standard InChI is InChI=1S/C15H12BrN3O/c1-10-2-4-11(5-3-10)15-13(8-17-20)19-9-12(16)6-7-14(19)18-15/h2-9,20H,1H3/b17-8+. The number of halogens is 1. The molecule has 0 saturated heterocycles. The Morgan fingerprint density at radius 3 is 2.65 bits per heavy atom. The average Bonchev–Trinajstić information content (AvgIpc) is 2.79. The fraction of sp³-hybridized carbons (Fsp3) is 0.0667. The van der Waals surface area contributed by atoms with Crippen LogP contribution in [0.3, 0.4) is 0 Å². The fourth-order valence-electron chi connectivity index (χ4n) is 2.14. The first-order chi connectivity index (χ1) is 9.69. The number of nitrogens with zero attached hydrogens (tertiary/aromatic N) is 3. The Kier molecular flexibility index (Phi) is 3.28. The van der Waals surface area contributed by atoms with Gasteiger partial charge in [-0.15, -0.1) is 0 Å². The normalized spacial score (nSPS) is 11.5. The molecule has 2 heterocycles. The zero-order valence-electron chi connectivity index (χ0n) is 10.8. The molecule has 0 unspecified atom stereocenters. The van der Waals surface area contributed by atoms with Crippen molar-refractivity contribution in [3.8, 4) is 11.3 Å². The topological polar surface area (TPSA) is 49.9 Å². The summed E-state index contributed by atoms with van der Waals surface area (Å²) in [4.78, 5) is 4.61. The molecule has 3 aromatic rings. The highest BCUT2D eigenvalue weighted by Gasteiger charge is 2.12. The molecule has 0 amide bonds. The molecule has 0 saturated carbocycles. The molecule has 20 heavy (non-hydrogen) atoms. The van der Waals surface area contributed by atoms with Crippen molar-refractivity contribution in [2.75, 3.05) is 0 Å². The second-order valence-electron chi connectivity index (χ2n) is 4.53. The highest BCUT2D eigenvalue weighted by atomic mass is 79.9. The second kappa shape index (κ2) is 5.09. The lowest BCUT2D eigenvalue weighted by atomic mass is 10.1. The van der Waals surface area contributed by atoms with Gasteiger partial charge in [-0.1, -0.05) is 35.0 Å². The lowest BCUT2D eigenvalue weighted by Crippen LogP contribution is -1.93. The largest absolute Gasteiger partial charge is 0.411 e. The van der Waals surface area contributed by atoms with Crippen LogP contribution in [0.5, 0.6) is 0 Å². The highest BCUT2D eigenvalue weighted by Crippen LogP contribution is 2.25. The molecule has 0 aliphatic carbocycles. The number of fused-ring (bicyclic) bond motifs is 1. The monoisotopic (exact) mass is 329 g/mol. The molecule has 2 aromatic heterocycles. The molecule has 1 N–H and O–H groups in total. The van der Waals surface area contributed by atoms with E-state index in [2.05, 4.69) is 26.1 Å². The van der Waals surface area contributed by atoms with Crippen molar-refractivity contribution in [3.63, 3.8) is 0 Å². The molecule has 0 spiro atoms. The SMILES string of the molecule is Cc1ccc(-c2nc3ccc(Br)cn3c2/C=N/O)cc1. The predicted molar refractivity (Wildman–Crippen MR) is 82.4 cm³/mol. The lowest BCUT2D eigenvalue weighted by Gasteiger charge is -2.00. The van der Waals surface area contributed by atoms with E-state index in [-0.39, 0.29) is 0 Å². The number of hydrogen-bond donors (Lipinski definition) is 1. The van der Waals surface area contributed by atoms with Crippen LogP contribution in [0.15, 0.2) is 52.2 Å². The van der Waals surface area contributed by atoms with Crippen LogP contribution in [0.4, 0.5) is 0 Å². The van der Waals surface area contributed by atoms with Gasteiger partial charge in [0.25, 0.3) is 0 Å². The Hall–Kier alpha value is -2.14. The third-order valence-corrected chi connectivity index (χ3v) is 3.59. The van der Waals surface area contributed by atoms with Crippen molar-refractivity contribution < 1.29 is 5.21 Å². The van der Waals surface area contributed by atoms with E-state index in [9.17, 15) is 0 Å². The van der Waals surface area contributed by atoms with E-state index in [0.29, 0.717) is 0 Å². The molecule has 0 atom stereocenters. The van der Waals surface area contributed by atoms with Crippen LogP contribution in [-0.4, -0.2) is 20.8 Å². The van der Waals surface area contributed by atoms with Crippen molar-refractivity contribution in [1.29, 1.82) is 0 Å². The Balaban J connectivity index is 2.29. The number of imidazole rings is 1. The third kappa shape index (κ3) is 2.20. The first-order valence-corrected chi connectivity index (χ1v) is 6.90. The summed E-state index contributed by atoms with van der Waals surface area (Å²) in [6, 6.07) is 11.9. The molecule has 5 heteroatoms.